The van der Waals surface area contributed by atoms with Crippen LogP contribution in [0, 0.1) is 6.92 Å². The second kappa shape index (κ2) is 19.6. The number of methoxy groups -OCH3 is 3. The number of aryl methyl sites for hydroxylation is 2. The van der Waals surface area contributed by atoms with Gasteiger partial charge in [-0.3, -0.25) is 4.99 Å². The van der Waals surface area contributed by atoms with Gasteiger partial charge in [0, 0.05) is 54.2 Å². The van der Waals surface area contributed by atoms with Gasteiger partial charge in [-0.15, -0.1) is 0 Å². The number of aromatic nitrogens is 5. The molecule has 0 aliphatic carbocycles. The van der Waals surface area contributed by atoms with E-state index < -0.39 is 0 Å². The third kappa shape index (κ3) is 9.81. The second-order valence-corrected chi connectivity index (χ2v) is 12.5. The van der Waals surface area contributed by atoms with Gasteiger partial charge in [-0.05, 0) is 79.6 Å². The highest BCUT2D eigenvalue weighted by molar-refractivity contribution is 6.32. The molecule has 0 saturated heterocycles. The molecule has 1 aliphatic rings. The number of pyridine rings is 2. The number of benzene rings is 3. The van der Waals surface area contributed by atoms with Crippen LogP contribution in [0.5, 0.6) is 17.2 Å². The molecule has 16 heteroatoms. The maximum absolute atomic E-state index is 5.98. The van der Waals surface area contributed by atoms with Gasteiger partial charge in [-0.1, -0.05) is 53.1 Å². The molecule has 0 spiro atoms. The fraction of sp³-hybridized carbons (Fsp3) is 0.190. The van der Waals surface area contributed by atoms with Crippen molar-refractivity contribution in [1.29, 1.82) is 0 Å². The topological polar surface area (TPSA) is 180 Å². The first-order valence-electron chi connectivity index (χ1n) is 18.3. The molecule has 5 aromatic heterocycles. The molecule has 1 aliphatic heterocycles. The highest BCUT2D eigenvalue weighted by Gasteiger charge is 2.18. The van der Waals surface area contributed by atoms with Gasteiger partial charge >= 0.3 is 0 Å². The summed E-state index contributed by atoms with van der Waals surface area (Å²) in [7, 11) is 4.77. The van der Waals surface area contributed by atoms with Gasteiger partial charge in [0.25, 0.3) is 5.71 Å². The van der Waals surface area contributed by atoms with Crippen molar-refractivity contribution in [2.45, 2.75) is 33.6 Å². The number of nitrogens with zero attached hydrogens (tertiary/aromatic N) is 6. The Balaban J connectivity index is 0.000000144. The maximum atomic E-state index is 5.98. The second-order valence-electron chi connectivity index (χ2n) is 12.1. The Kier molecular flexibility index (Phi) is 13.7. The van der Waals surface area contributed by atoms with Crippen LogP contribution in [0.15, 0.2) is 116 Å². The molecule has 15 nitrogen and oxygen atoms in total. The summed E-state index contributed by atoms with van der Waals surface area (Å²) in [5.41, 5.74) is 6.44. The zero-order valence-electron chi connectivity index (χ0n) is 32.7. The zero-order valence-corrected chi connectivity index (χ0v) is 33.5. The molecule has 58 heavy (non-hydrogen) atoms. The molecule has 0 atom stereocenters. The number of halogens is 1. The van der Waals surface area contributed by atoms with Crippen LogP contribution in [0.2, 0.25) is 5.02 Å². The SMILES string of the molecule is CC.COc1cc(Nc2noc3c2N=CCC3)ccc1Cl.COc1ccc(Nc2noc3cccnc23)cc1OC.Cc1cccc(Nc2noc3ncccc23)c1. The summed E-state index contributed by atoms with van der Waals surface area (Å²) in [5.74, 6) is 4.58. The molecule has 3 aromatic carbocycles. The van der Waals surface area contributed by atoms with Gasteiger partial charge in [0.1, 0.15) is 11.4 Å². The number of fused-ring (bicyclic) bond motifs is 3. The molecule has 8 aromatic rings. The lowest BCUT2D eigenvalue weighted by Gasteiger charge is -2.09. The Morgan fingerprint density at radius 3 is 2.10 bits per heavy atom. The van der Waals surface area contributed by atoms with Crippen LogP contribution in [0.4, 0.5) is 40.2 Å². The van der Waals surface area contributed by atoms with E-state index in [-0.39, 0.29) is 0 Å². The number of aliphatic imine (C=N–C) groups is 1. The number of anilines is 6. The maximum Gasteiger partial charge on any atom is 0.259 e. The highest BCUT2D eigenvalue weighted by atomic mass is 35.5. The summed E-state index contributed by atoms with van der Waals surface area (Å²) in [5, 5.41) is 22.9. The molecular formula is C42H42ClN9O6. The first-order valence-corrected chi connectivity index (χ1v) is 18.7. The third-order valence-corrected chi connectivity index (χ3v) is 8.59. The Hall–Kier alpha value is -7.13. The molecule has 6 heterocycles. The van der Waals surface area contributed by atoms with Crippen LogP contribution >= 0.6 is 11.6 Å². The minimum absolute atomic E-state index is 0.544. The molecule has 0 fully saturated rings. The van der Waals surface area contributed by atoms with Crippen LogP contribution in [0.1, 0.15) is 31.6 Å². The van der Waals surface area contributed by atoms with Crippen molar-refractivity contribution in [2.24, 2.45) is 4.99 Å². The van der Waals surface area contributed by atoms with Crippen LogP contribution in [0.25, 0.3) is 22.2 Å². The summed E-state index contributed by atoms with van der Waals surface area (Å²) >= 11 is 5.98. The van der Waals surface area contributed by atoms with Gasteiger partial charge in [-0.2, -0.15) is 0 Å². The molecule has 298 valence electrons. The van der Waals surface area contributed by atoms with E-state index in [1.165, 1.54) is 5.56 Å². The first-order chi connectivity index (χ1) is 28.4. The van der Waals surface area contributed by atoms with Gasteiger partial charge in [-0.25, -0.2) is 9.97 Å². The lowest BCUT2D eigenvalue weighted by atomic mass is 10.2. The molecule has 0 unspecified atom stereocenters. The Bertz CT molecular complexity index is 2600. The van der Waals surface area contributed by atoms with E-state index in [0.717, 1.165) is 46.7 Å². The Morgan fingerprint density at radius 1 is 0.638 bits per heavy atom. The molecule has 0 bridgehead atoms. The summed E-state index contributed by atoms with van der Waals surface area (Å²) in [6.45, 7) is 6.05. The first kappa shape index (κ1) is 40.5. The van der Waals surface area contributed by atoms with Gasteiger partial charge in [0.15, 0.2) is 40.0 Å². The smallest absolute Gasteiger partial charge is 0.259 e. The van der Waals surface area contributed by atoms with E-state index in [9.17, 15) is 0 Å². The summed E-state index contributed by atoms with van der Waals surface area (Å²) in [6.07, 6.45) is 6.96. The predicted octanol–water partition coefficient (Wildman–Crippen LogP) is 11.0. The molecule has 0 amide bonds. The minimum atomic E-state index is 0.544. The fourth-order valence-electron chi connectivity index (χ4n) is 5.57. The van der Waals surface area contributed by atoms with E-state index in [1.54, 1.807) is 51.9 Å². The van der Waals surface area contributed by atoms with Crippen molar-refractivity contribution < 1.29 is 27.8 Å². The summed E-state index contributed by atoms with van der Waals surface area (Å²) in [4.78, 5) is 12.6. The summed E-state index contributed by atoms with van der Waals surface area (Å²) < 4.78 is 31.2. The standard InChI is InChI=1S/C14H13N3O3.C13H12ClN3O2.C13H11N3O.C2H6/c1-18-10-6-5-9(8-12(10)19-2)16-14-13-11(20-17-14)4-3-7-15-13;1-18-11-7-8(4-5-9(11)14)16-13-12-10(19-17-13)3-2-6-15-12;1-9-4-2-5-10(8-9)15-12-11-6-3-7-14-13(11)17-16-12;1-2/h3-8H,1-2H3,(H,16,17);4-7H,2-3H2,1H3,(H,16,17);2-8H,1H3,(H,15,16);1-2H3. The largest absolute Gasteiger partial charge is 0.495 e. The average Bonchev–Trinajstić information content (AvgIpc) is 4.00. The van der Waals surface area contributed by atoms with Crippen molar-refractivity contribution >= 4 is 80.2 Å². The molecule has 9 rings (SSSR count). The Labute approximate surface area is 339 Å². The van der Waals surface area contributed by atoms with Crippen LogP contribution in [-0.4, -0.2) is 53.0 Å². The monoisotopic (exact) mass is 803 g/mol. The fourth-order valence-corrected chi connectivity index (χ4v) is 5.76. The lowest BCUT2D eigenvalue weighted by Crippen LogP contribution is -1.95. The van der Waals surface area contributed by atoms with Crippen molar-refractivity contribution in [3.05, 3.63) is 114 Å². The Morgan fingerprint density at radius 2 is 1.31 bits per heavy atom. The highest BCUT2D eigenvalue weighted by Crippen LogP contribution is 2.36. The normalized spacial score (nSPS) is 11.2. The van der Waals surface area contributed by atoms with Gasteiger partial charge < -0.3 is 43.7 Å². The van der Waals surface area contributed by atoms with E-state index in [0.29, 0.717) is 56.5 Å². The van der Waals surface area contributed by atoms with E-state index in [2.05, 4.69) is 52.4 Å². The lowest BCUT2D eigenvalue weighted by molar-refractivity contribution is 0.355. The van der Waals surface area contributed by atoms with Crippen LogP contribution in [0.3, 0.4) is 0 Å². The number of rotatable bonds is 9. The predicted molar refractivity (Wildman–Crippen MR) is 227 cm³/mol. The van der Waals surface area contributed by atoms with Crippen molar-refractivity contribution in [2.75, 3.05) is 37.3 Å². The molecule has 3 N–H and O–H groups in total. The number of hydrogen-bond donors (Lipinski definition) is 3. The zero-order chi connectivity index (χ0) is 40.9. The van der Waals surface area contributed by atoms with Crippen molar-refractivity contribution in [3.63, 3.8) is 0 Å². The van der Waals surface area contributed by atoms with Crippen molar-refractivity contribution in [3.8, 4) is 17.2 Å². The van der Waals surface area contributed by atoms with Gasteiger partial charge in [0.05, 0.1) is 31.7 Å². The van der Waals surface area contributed by atoms with E-state index in [1.807, 2.05) is 87.6 Å². The minimum Gasteiger partial charge on any atom is -0.495 e. The quantitative estimate of drug-likeness (QED) is 0.125. The molecule has 0 saturated carbocycles. The number of hydrogen-bond acceptors (Lipinski definition) is 15. The number of nitrogens with one attached hydrogen (secondary N) is 3. The molecular weight excluding hydrogens is 762 g/mol. The van der Waals surface area contributed by atoms with Crippen LogP contribution in [-0.2, 0) is 6.42 Å². The van der Waals surface area contributed by atoms with Crippen LogP contribution < -0.4 is 30.2 Å². The van der Waals surface area contributed by atoms with Gasteiger partial charge in [0.2, 0.25) is 5.82 Å². The number of ether oxygens (including phenoxy) is 3. The average molecular weight is 804 g/mol. The third-order valence-electron chi connectivity index (χ3n) is 8.28. The van der Waals surface area contributed by atoms with E-state index in [4.69, 9.17) is 39.4 Å². The van der Waals surface area contributed by atoms with E-state index >= 15 is 0 Å². The summed E-state index contributed by atoms with van der Waals surface area (Å²) in [6, 6.07) is 26.4. The molecule has 0 radical (unpaired) electrons. The van der Waals surface area contributed by atoms with Crippen molar-refractivity contribution in [1.82, 2.24) is 25.4 Å².